The summed E-state index contributed by atoms with van der Waals surface area (Å²) < 4.78 is 1.26. The first-order chi connectivity index (χ1) is 10.9. The zero-order valence-electron chi connectivity index (χ0n) is 13.0. The molecule has 0 spiro atoms. The van der Waals surface area contributed by atoms with E-state index in [4.69, 9.17) is 5.11 Å². The molecular weight excluding hydrogens is 316 g/mol. The zero-order valence-corrected chi connectivity index (χ0v) is 13.8. The van der Waals surface area contributed by atoms with Crippen LogP contribution in [-0.2, 0) is 0 Å². The fourth-order valence-corrected chi connectivity index (χ4v) is 2.83. The number of rotatable bonds is 6. The van der Waals surface area contributed by atoms with E-state index in [1.165, 1.54) is 22.4 Å². The first-order valence-corrected chi connectivity index (χ1v) is 8.21. The minimum atomic E-state index is -0.220. The van der Waals surface area contributed by atoms with Crippen molar-refractivity contribution < 1.29 is 20.1 Å². The number of hydrogen-bond donors (Lipinski definition) is 4. The van der Waals surface area contributed by atoms with Gasteiger partial charge in [-0.05, 0) is 32.0 Å². The van der Waals surface area contributed by atoms with Crippen molar-refractivity contribution in [1.29, 1.82) is 0 Å². The Morgan fingerprint density at radius 3 is 2.70 bits per heavy atom. The van der Waals surface area contributed by atoms with Crippen LogP contribution >= 0.6 is 11.8 Å². The molecule has 0 aliphatic heterocycles. The number of nitrogens with zero attached hydrogens (tertiary/aromatic N) is 1. The molecule has 124 valence electrons. The van der Waals surface area contributed by atoms with Gasteiger partial charge in [0.05, 0.1) is 17.2 Å². The molecule has 2 rings (SSSR count). The molecule has 0 fully saturated rings. The van der Waals surface area contributed by atoms with Crippen molar-refractivity contribution in [2.45, 2.75) is 24.8 Å². The van der Waals surface area contributed by atoms with E-state index in [2.05, 4.69) is 5.32 Å². The van der Waals surface area contributed by atoms with E-state index in [0.29, 0.717) is 21.9 Å². The maximum atomic E-state index is 12.1. The summed E-state index contributed by atoms with van der Waals surface area (Å²) in [7, 11) is 0. The molecule has 0 saturated carbocycles. The minimum absolute atomic E-state index is 0.0148. The number of thioether (sulfide) groups is 1. The van der Waals surface area contributed by atoms with Gasteiger partial charge in [-0.25, -0.2) is 0 Å². The molecule has 0 radical (unpaired) electrons. The van der Waals surface area contributed by atoms with Gasteiger partial charge in [-0.3, -0.25) is 9.36 Å². The smallest absolute Gasteiger partial charge is 0.251 e. The van der Waals surface area contributed by atoms with Gasteiger partial charge in [-0.2, -0.15) is 0 Å². The van der Waals surface area contributed by atoms with Gasteiger partial charge in [-0.15, -0.1) is 11.8 Å². The van der Waals surface area contributed by atoms with Gasteiger partial charge >= 0.3 is 0 Å². The number of benzene rings is 1. The Balaban J connectivity index is 2.35. The largest absolute Gasteiger partial charge is 0.494 e. The van der Waals surface area contributed by atoms with Crippen LogP contribution in [-0.4, -0.2) is 44.2 Å². The summed E-state index contributed by atoms with van der Waals surface area (Å²) in [5.41, 5.74) is 0.917. The number of carbonyl (C=O) groups is 1. The average molecular weight is 336 g/mol. The van der Waals surface area contributed by atoms with Crippen LogP contribution < -0.4 is 5.32 Å². The van der Waals surface area contributed by atoms with E-state index in [-0.39, 0.29) is 30.3 Å². The summed E-state index contributed by atoms with van der Waals surface area (Å²) >= 11 is 1.24. The van der Waals surface area contributed by atoms with Crippen LogP contribution in [0, 0.1) is 0 Å². The number of aromatic nitrogens is 1. The molecule has 0 aliphatic rings. The predicted octanol–water partition coefficient (Wildman–Crippen LogP) is 2.11. The summed E-state index contributed by atoms with van der Waals surface area (Å²) in [4.78, 5) is 12.5. The Kier molecular flexibility index (Phi) is 5.57. The third-order valence-electron chi connectivity index (χ3n) is 3.06. The highest BCUT2D eigenvalue weighted by Crippen LogP contribution is 2.37. The van der Waals surface area contributed by atoms with Crippen LogP contribution in [0.5, 0.6) is 11.8 Å². The minimum Gasteiger partial charge on any atom is -0.494 e. The van der Waals surface area contributed by atoms with Crippen molar-refractivity contribution >= 4 is 17.7 Å². The highest BCUT2D eigenvalue weighted by molar-refractivity contribution is 7.99. The van der Waals surface area contributed by atoms with Gasteiger partial charge in [-0.1, -0.05) is 6.07 Å². The molecule has 1 heterocycles. The monoisotopic (exact) mass is 336 g/mol. The number of hydrogen-bond acceptors (Lipinski definition) is 5. The predicted molar refractivity (Wildman–Crippen MR) is 89.5 cm³/mol. The van der Waals surface area contributed by atoms with E-state index < -0.39 is 0 Å². The molecule has 1 aromatic heterocycles. The Morgan fingerprint density at radius 1 is 1.30 bits per heavy atom. The number of aliphatic hydroxyl groups excluding tert-OH is 1. The first-order valence-electron chi connectivity index (χ1n) is 7.22. The van der Waals surface area contributed by atoms with Crippen LogP contribution in [0.3, 0.4) is 0 Å². The molecule has 7 heteroatoms. The second-order valence-electron chi connectivity index (χ2n) is 5.28. The van der Waals surface area contributed by atoms with Crippen LogP contribution in [0.4, 0.5) is 0 Å². The zero-order chi connectivity index (χ0) is 17.0. The number of nitrogens with one attached hydrogen (secondary N) is 1. The lowest BCUT2D eigenvalue weighted by molar-refractivity contribution is 0.0943. The molecule has 23 heavy (non-hydrogen) atoms. The number of carbonyl (C=O) groups excluding carboxylic acids is 1. The van der Waals surface area contributed by atoms with E-state index in [1.807, 2.05) is 13.8 Å². The van der Waals surface area contributed by atoms with Crippen LogP contribution in [0.15, 0.2) is 35.2 Å². The van der Waals surface area contributed by atoms with Crippen molar-refractivity contribution in [2.24, 2.45) is 0 Å². The highest BCUT2D eigenvalue weighted by Gasteiger charge is 2.17. The molecule has 0 unspecified atom stereocenters. The van der Waals surface area contributed by atoms with Gasteiger partial charge in [0.2, 0.25) is 5.88 Å². The first kappa shape index (κ1) is 17.2. The second kappa shape index (κ2) is 7.43. The lowest BCUT2D eigenvalue weighted by atomic mass is 10.1. The average Bonchev–Trinajstić information content (AvgIpc) is 2.79. The second-order valence-corrected chi connectivity index (χ2v) is 6.41. The topological polar surface area (TPSA) is 94.7 Å². The number of amides is 1. The lowest BCUT2D eigenvalue weighted by Crippen LogP contribution is -2.30. The molecule has 1 aromatic carbocycles. The van der Waals surface area contributed by atoms with Crippen molar-refractivity contribution in [2.75, 3.05) is 12.4 Å². The van der Waals surface area contributed by atoms with Crippen molar-refractivity contribution in [3.05, 3.63) is 35.9 Å². The van der Waals surface area contributed by atoms with E-state index in [1.54, 1.807) is 24.3 Å². The summed E-state index contributed by atoms with van der Waals surface area (Å²) in [6.45, 7) is 3.72. The molecule has 1 amide bonds. The normalized spacial score (nSPS) is 11.0. The molecule has 4 N–H and O–H groups in total. The Hall–Kier alpha value is -2.12. The maximum absolute atomic E-state index is 12.1. The van der Waals surface area contributed by atoms with Gasteiger partial charge < -0.3 is 20.6 Å². The molecule has 2 aromatic rings. The molecule has 0 aliphatic carbocycles. The Bertz CT molecular complexity index is 697. The standard InChI is InChI=1S/C16H20N2O4S/c1-10(2)17-15(21)11-4-3-5-12(8-11)18-14(20)9-13(16(18)22)23-7-6-19/h3-5,8-10,19-20,22H,6-7H2,1-2H3,(H,17,21). The van der Waals surface area contributed by atoms with Crippen molar-refractivity contribution in [1.82, 2.24) is 9.88 Å². The van der Waals surface area contributed by atoms with Crippen LogP contribution in [0.1, 0.15) is 24.2 Å². The maximum Gasteiger partial charge on any atom is 0.251 e. The number of aliphatic hydroxyl groups is 1. The summed E-state index contributed by atoms with van der Waals surface area (Å²) in [5, 5.41) is 32.0. The molecule has 0 atom stereocenters. The summed E-state index contributed by atoms with van der Waals surface area (Å²) in [6.07, 6.45) is 0. The quantitative estimate of drug-likeness (QED) is 0.606. The van der Waals surface area contributed by atoms with Gasteiger partial charge in [0.1, 0.15) is 0 Å². The fraction of sp³-hybridized carbons (Fsp3) is 0.312. The SMILES string of the molecule is CC(C)NC(=O)c1cccc(-n2c(O)cc(SCCO)c2O)c1. The highest BCUT2D eigenvalue weighted by atomic mass is 32.2. The van der Waals surface area contributed by atoms with Crippen LogP contribution in [0.25, 0.3) is 5.69 Å². The van der Waals surface area contributed by atoms with Crippen LogP contribution in [0.2, 0.25) is 0 Å². The molecule has 0 saturated heterocycles. The molecular formula is C16H20N2O4S. The third-order valence-corrected chi connectivity index (χ3v) is 4.05. The van der Waals surface area contributed by atoms with E-state index in [9.17, 15) is 15.0 Å². The third kappa shape index (κ3) is 4.00. The van der Waals surface area contributed by atoms with E-state index >= 15 is 0 Å². The lowest BCUT2D eigenvalue weighted by Gasteiger charge is -2.11. The van der Waals surface area contributed by atoms with Crippen molar-refractivity contribution in [3.8, 4) is 17.4 Å². The van der Waals surface area contributed by atoms with Crippen molar-refractivity contribution in [3.63, 3.8) is 0 Å². The summed E-state index contributed by atoms with van der Waals surface area (Å²) in [5.74, 6) is -0.0667. The summed E-state index contributed by atoms with van der Waals surface area (Å²) in [6, 6.07) is 8.07. The van der Waals surface area contributed by atoms with Gasteiger partial charge in [0.15, 0.2) is 5.88 Å². The number of aromatic hydroxyl groups is 2. The Morgan fingerprint density at radius 2 is 2.04 bits per heavy atom. The molecule has 6 nitrogen and oxygen atoms in total. The fourth-order valence-electron chi connectivity index (χ4n) is 2.11. The Labute approximate surface area is 138 Å². The van der Waals surface area contributed by atoms with E-state index in [0.717, 1.165) is 0 Å². The van der Waals surface area contributed by atoms with Gasteiger partial charge in [0.25, 0.3) is 5.91 Å². The van der Waals surface area contributed by atoms with Gasteiger partial charge in [0, 0.05) is 23.4 Å². The molecule has 0 bridgehead atoms.